The summed E-state index contributed by atoms with van der Waals surface area (Å²) >= 11 is 0. The third-order valence-electron chi connectivity index (χ3n) is 0. The molecule has 0 heterocycles. The van der Waals surface area contributed by atoms with Crippen LogP contribution in [0.1, 0.15) is 0 Å². The smallest absolute Gasteiger partial charge is 0 e. The number of hydrogen-bond donors (Lipinski definition) is 0. The van der Waals surface area contributed by atoms with Crippen LogP contribution in [0.4, 0.5) is 0 Å². The summed E-state index contributed by atoms with van der Waals surface area (Å²) in [6.45, 7) is 0. The summed E-state index contributed by atoms with van der Waals surface area (Å²) in [6.07, 6.45) is 0. The first-order chi connectivity index (χ1) is 0. The monoisotopic (exact) mass is 351 g/mol. The van der Waals surface area contributed by atoms with Gasteiger partial charge in [0.15, 0.2) is 0 Å². The van der Waals surface area contributed by atoms with E-state index in [0.29, 0.717) is 0 Å². The fraction of sp³-hybridized carbons (Fsp3) is 0. The van der Waals surface area contributed by atoms with Crippen molar-refractivity contribution in [2.45, 2.75) is 0 Å². The molecule has 49 valence electrons. The van der Waals surface area contributed by atoms with E-state index in [1.807, 2.05) is 0 Å². The fourth-order valence-corrected chi connectivity index (χ4v) is 0. The molecule has 0 aromatic carbocycles. The van der Waals surface area contributed by atoms with E-state index in [9.17, 15) is 0 Å². The van der Waals surface area contributed by atoms with Gasteiger partial charge in [0, 0.05) is 20.1 Å². The van der Waals surface area contributed by atoms with Crippen molar-refractivity contribution >= 4 is 0 Å². The Labute approximate surface area is 74.9 Å². The van der Waals surface area contributed by atoms with Crippen LogP contribution >= 0.6 is 0 Å². The Morgan fingerprint density at radius 2 is 0.500 bits per heavy atom. The zero-order valence-corrected chi connectivity index (χ0v) is 7.76. The third kappa shape index (κ3) is 41.9. The quantitative estimate of drug-likeness (QED) is 0.415. The molecule has 0 aliphatic heterocycles. The van der Waals surface area contributed by atoms with Gasteiger partial charge in [0.25, 0.3) is 0 Å². The topological polar surface area (TPSA) is 31.5 Å². The van der Waals surface area contributed by atoms with E-state index < -0.39 is 0 Å². The van der Waals surface area contributed by atoms with Crippen LogP contribution in [0.2, 0.25) is 0 Å². The molecule has 1 nitrogen and oxygen atoms in total. The van der Waals surface area contributed by atoms with E-state index in [0.717, 1.165) is 0 Å². The van der Waals surface area contributed by atoms with Gasteiger partial charge in [0.2, 0.25) is 0 Å². The van der Waals surface area contributed by atoms with E-state index >= 15 is 0 Å². The average molecular weight is 352 g/mol. The largest absolute Gasteiger partial charge is 1.00 e. The van der Waals surface area contributed by atoms with Gasteiger partial charge in [0.05, 0.1) is 0 Å². The van der Waals surface area contributed by atoms with Crippen LogP contribution in [0.25, 0.3) is 0 Å². The van der Waals surface area contributed by atoms with Gasteiger partial charge in [0.1, 0.15) is 0 Å². The molecule has 0 bridgehead atoms. The van der Waals surface area contributed by atoms with E-state index in [2.05, 4.69) is 0 Å². The molecule has 0 unspecified atom stereocenters. The predicted octanol–water partition coefficient (Wildman–Crippen LogP) is -12.8. The molecule has 6 heavy (non-hydrogen) atoms. The van der Waals surface area contributed by atoms with Crippen molar-refractivity contribution < 1.29 is 75.2 Å². The Balaban J connectivity index is 0. The summed E-state index contributed by atoms with van der Waals surface area (Å²) in [5, 5.41) is 0. The van der Waals surface area contributed by atoms with Crippen LogP contribution in [0.3, 0.4) is 0 Å². The molecule has 1 radical (unpaired) electrons. The zero-order valence-electron chi connectivity index (χ0n) is 2.35. The predicted molar refractivity (Wildman–Crippen MR) is 3.61 cm³/mol. The molecule has 0 amide bonds. The molecule has 0 aliphatic carbocycles. The molecule has 0 saturated carbocycles. The maximum absolute atomic E-state index is 0. The van der Waals surface area contributed by atoms with Gasteiger partial charge in [-0.25, -0.2) is 0 Å². The SMILES string of the molecule is O.[Cl-].[Cl-].[Cl-].[Cl-].[Ir]. The van der Waals surface area contributed by atoms with Crippen molar-refractivity contribution in [1.29, 1.82) is 0 Å². The Morgan fingerprint density at radius 1 is 0.500 bits per heavy atom. The average Bonchev–Trinajstić information content (AvgIpc) is 0. The molecule has 0 rings (SSSR count). The van der Waals surface area contributed by atoms with E-state index in [4.69, 9.17) is 0 Å². The minimum atomic E-state index is 0. The van der Waals surface area contributed by atoms with Gasteiger partial charge in [-0.3, -0.25) is 0 Å². The molecule has 0 spiro atoms. The molecule has 2 N–H and O–H groups in total. The second-order valence-corrected chi connectivity index (χ2v) is 0. The molecule has 0 aliphatic rings. The second-order valence-electron chi connectivity index (χ2n) is 0. The second kappa shape index (κ2) is 72.0. The molecule has 0 fully saturated rings. The molecule has 0 saturated heterocycles. The Morgan fingerprint density at radius 3 is 0.500 bits per heavy atom. The van der Waals surface area contributed by atoms with Crippen LogP contribution in [0.15, 0.2) is 0 Å². The molecule has 6 heteroatoms. The van der Waals surface area contributed by atoms with Gasteiger partial charge in [-0.05, 0) is 0 Å². The standard InChI is InChI=1S/4ClH.Ir.H2O/h4*1H;;1H2/p-4. The molecule has 0 atom stereocenters. The van der Waals surface area contributed by atoms with Crippen molar-refractivity contribution in [3.63, 3.8) is 0 Å². The van der Waals surface area contributed by atoms with Gasteiger partial charge in [-0.1, -0.05) is 0 Å². The maximum Gasteiger partial charge on any atom is 0 e. The van der Waals surface area contributed by atoms with Crippen molar-refractivity contribution in [3.8, 4) is 0 Å². The van der Waals surface area contributed by atoms with Gasteiger partial charge >= 0.3 is 0 Å². The normalized spacial score (nSPS) is 0. The summed E-state index contributed by atoms with van der Waals surface area (Å²) in [5.41, 5.74) is 0. The van der Waals surface area contributed by atoms with Gasteiger partial charge in [-0.15, -0.1) is 0 Å². The summed E-state index contributed by atoms with van der Waals surface area (Å²) in [6, 6.07) is 0. The van der Waals surface area contributed by atoms with Crippen LogP contribution in [0.5, 0.6) is 0 Å². The summed E-state index contributed by atoms with van der Waals surface area (Å²) in [7, 11) is 0. The minimum absolute atomic E-state index is 0. The summed E-state index contributed by atoms with van der Waals surface area (Å²) < 4.78 is 0. The fourth-order valence-electron chi connectivity index (χ4n) is 0. The first-order valence-electron chi connectivity index (χ1n) is 0. The van der Waals surface area contributed by atoms with Crippen molar-refractivity contribution in [3.05, 3.63) is 0 Å². The first kappa shape index (κ1) is 114. The van der Waals surface area contributed by atoms with Crippen molar-refractivity contribution in [1.82, 2.24) is 0 Å². The van der Waals surface area contributed by atoms with Gasteiger partial charge < -0.3 is 55.1 Å². The number of rotatable bonds is 0. The minimum Gasteiger partial charge on any atom is -1.00 e. The van der Waals surface area contributed by atoms with E-state index in [-0.39, 0.29) is 75.2 Å². The molecular formula is H2Cl4IrO-4. The van der Waals surface area contributed by atoms with Crippen LogP contribution < -0.4 is 49.6 Å². The summed E-state index contributed by atoms with van der Waals surface area (Å²) in [5.74, 6) is 0. The van der Waals surface area contributed by atoms with E-state index in [1.54, 1.807) is 0 Å². The Kier molecular flexibility index (Phi) is 1360. The van der Waals surface area contributed by atoms with Crippen LogP contribution in [-0.2, 0) is 20.1 Å². The zero-order chi connectivity index (χ0) is 0. The van der Waals surface area contributed by atoms with Crippen molar-refractivity contribution in [2.75, 3.05) is 0 Å². The van der Waals surface area contributed by atoms with Gasteiger partial charge in [-0.2, -0.15) is 0 Å². The Hall–Kier alpha value is 1.77. The number of hydrogen-bond acceptors (Lipinski definition) is 0. The maximum atomic E-state index is 0. The summed E-state index contributed by atoms with van der Waals surface area (Å²) in [4.78, 5) is 0. The molecular weight excluding hydrogens is 350 g/mol. The molecule has 0 aromatic rings. The Bertz CT molecular complexity index is 7.51. The molecule has 0 aromatic heterocycles. The van der Waals surface area contributed by atoms with Crippen molar-refractivity contribution in [2.24, 2.45) is 0 Å². The van der Waals surface area contributed by atoms with Crippen LogP contribution in [0, 0.1) is 0 Å². The first-order valence-corrected chi connectivity index (χ1v) is 0. The van der Waals surface area contributed by atoms with E-state index in [1.165, 1.54) is 0 Å². The third-order valence-corrected chi connectivity index (χ3v) is 0. The number of halogens is 4. The van der Waals surface area contributed by atoms with Crippen LogP contribution in [-0.4, -0.2) is 5.48 Å².